The maximum Gasteiger partial charge on any atom is 0.129 e. The second-order valence-electron chi connectivity index (χ2n) is 4.64. The van der Waals surface area contributed by atoms with Gasteiger partial charge in [0.25, 0.3) is 0 Å². The molecule has 0 spiro atoms. The van der Waals surface area contributed by atoms with Crippen LogP contribution in [-0.4, -0.2) is 9.78 Å². The predicted molar refractivity (Wildman–Crippen MR) is 79.4 cm³/mol. The van der Waals surface area contributed by atoms with Gasteiger partial charge in [0.05, 0.1) is 12.2 Å². The molecule has 0 bridgehead atoms. The average molecular weight is 296 g/mol. The van der Waals surface area contributed by atoms with Crippen molar-refractivity contribution >= 4 is 11.6 Å². The monoisotopic (exact) mass is 295 g/mol. The Morgan fingerprint density at radius 1 is 1.25 bits per heavy atom. The van der Waals surface area contributed by atoms with Crippen molar-refractivity contribution in [1.82, 2.24) is 9.78 Å². The molecule has 1 aromatic heterocycles. The fourth-order valence-electron chi connectivity index (χ4n) is 2.47. The van der Waals surface area contributed by atoms with Crippen molar-refractivity contribution in [2.75, 3.05) is 0 Å². The highest BCUT2D eigenvalue weighted by Crippen LogP contribution is 2.23. The number of aromatic nitrogens is 2. The largest absolute Gasteiger partial charge is 0.326 e. The van der Waals surface area contributed by atoms with E-state index >= 15 is 0 Å². The molecule has 1 aromatic carbocycles. The van der Waals surface area contributed by atoms with Crippen molar-refractivity contribution in [3.63, 3.8) is 0 Å². The first-order valence-electron chi connectivity index (χ1n) is 6.82. The van der Waals surface area contributed by atoms with E-state index < -0.39 is 0 Å². The van der Waals surface area contributed by atoms with E-state index in [1.165, 1.54) is 6.07 Å². The number of rotatable bonds is 5. The van der Waals surface area contributed by atoms with Crippen molar-refractivity contribution < 1.29 is 4.39 Å². The molecule has 0 fully saturated rings. The number of aryl methyl sites for hydroxylation is 1. The third-order valence-corrected chi connectivity index (χ3v) is 3.85. The zero-order chi connectivity index (χ0) is 14.7. The minimum Gasteiger partial charge on any atom is -0.326 e. The summed E-state index contributed by atoms with van der Waals surface area (Å²) in [6.45, 7) is 4.88. The molecule has 2 rings (SSSR count). The van der Waals surface area contributed by atoms with Crippen LogP contribution in [0.3, 0.4) is 0 Å². The predicted octanol–water partition coefficient (Wildman–Crippen LogP) is 3.31. The summed E-state index contributed by atoms with van der Waals surface area (Å²) in [7, 11) is 0. The van der Waals surface area contributed by atoms with E-state index in [4.69, 9.17) is 17.3 Å². The number of nitrogens with two attached hydrogens (primary N) is 1. The lowest BCUT2D eigenvalue weighted by molar-refractivity contribution is 0.573. The Bertz CT molecular complexity index is 587. The van der Waals surface area contributed by atoms with Crippen LogP contribution < -0.4 is 5.73 Å². The SMILES string of the molecule is CCc1nn(Cc2c(F)cccc2Cl)c(CC)c1CN. The Morgan fingerprint density at radius 3 is 2.55 bits per heavy atom. The number of nitrogens with zero attached hydrogens (tertiary/aromatic N) is 2. The van der Waals surface area contributed by atoms with Gasteiger partial charge in [-0.05, 0) is 25.0 Å². The smallest absolute Gasteiger partial charge is 0.129 e. The minimum atomic E-state index is -0.303. The first kappa shape index (κ1) is 15.0. The molecule has 2 N–H and O–H groups in total. The molecule has 0 aliphatic carbocycles. The van der Waals surface area contributed by atoms with Gasteiger partial charge >= 0.3 is 0 Å². The molecule has 3 nitrogen and oxygen atoms in total. The summed E-state index contributed by atoms with van der Waals surface area (Å²) in [5.74, 6) is -0.303. The van der Waals surface area contributed by atoms with E-state index in [2.05, 4.69) is 12.0 Å². The van der Waals surface area contributed by atoms with Crippen molar-refractivity contribution in [1.29, 1.82) is 0 Å². The lowest BCUT2D eigenvalue weighted by atomic mass is 10.1. The molecule has 0 saturated carbocycles. The Kier molecular flexibility index (Phi) is 4.78. The number of halogens is 2. The van der Waals surface area contributed by atoms with Crippen LogP contribution in [0.4, 0.5) is 4.39 Å². The van der Waals surface area contributed by atoms with Gasteiger partial charge in [0, 0.05) is 28.4 Å². The van der Waals surface area contributed by atoms with Gasteiger partial charge < -0.3 is 5.73 Å². The van der Waals surface area contributed by atoms with Gasteiger partial charge in [0.2, 0.25) is 0 Å². The van der Waals surface area contributed by atoms with Crippen LogP contribution in [0.2, 0.25) is 5.02 Å². The highest BCUT2D eigenvalue weighted by atomic mass is 35.5. The molecule has 20 heavy (non-hydrogen) atoms. The third-order valence-electron chi connectivity index (χ3n) is 3.49. The first-order chi connectivity index (χ1) is 9.62. The molecule has 1 heterocycles. The van der Waals surface area contributed by atoms with Crippen LogP contribution >= 0.6 is 11.6 Å². The van der Waals surface area contributed by atoms with Gasteiger partial charge in [-0.2, -0.15) is 5.10 Å². The maximum absolute atomic E-state index is 13.9. The van der Waals surface area contributed by atoms with Gasteiger partial charge in [-0.1, -0.05) is 31.5 Å². The summed E-state index contributed by atoms with van der Waals surface area (Å²) < 4.78 is 15.7. The number of hydrogen-bond donors (Lipinski definition) is 1. The normalized spacial score (nSPS) is 11.1. The second kappa shape index (κ2) is 6.37. The van der Waals surface area contributed by atoms with Crippen LogP contribution in [0.25, 0.3) is 0 Å². The van der Waals surface area contributed by atoms with Crippen molar-refractivity contribution in [2.24, 2.45) is 5.73 Å². The number of hydrogen-bond acceptors (Lipinski definition) is 2. The van der Waals surface area contributed by atoms with Crippen LogP contribution in [-0.2, 0) is 25.9 Å². The molecule has 5 heteroatoms. The van der Waals surface area contributed by atoms with Crippen LogP contribution in [0.5, 0.6) is 0 Å². The highest BCUT2D eigenvalue weighted by molar-refractivity contribution is 6.31. The third kappa shape index (κ3) is 2.72. The average Bonchev–Trinajstić information content (AvgIpc) is 2.79. The van der Waals surface area contributed by atoms with Crippen LogP contribution in [0.15, 0.2) is 18.2 Å². The quantitative estimate of drug-likeness (QED) is 0.920. The Morgan fingerprint density at radius 2 is 2.00 bits per heavy atom. The van der Waals surface area contributed by atoms with E-state index in [-0.39, 0.29) is 5.82 Å². The molecular formula is C15H19ClFN3. The lowest BCUT2D eigenvalue weighted by Gasteiger charge is -2.09. The maximum atomic E-state index is 13.9. The molecule has 108 valence electrons. The Balaban J connectivity index is 2.46. The molecule has 0 aliphatic heterocycles. The van der Waals surface area contributed by atoms with E-state index in [0.717, 1.165) is 29.8 Å². The fourth-order valence-corrected chi connectivity index (χ4v) is 2.69. The topological polar surface area (TPSA) is 43.8 Å². The van der Waals surface area contributed by atoms with E-state index in [9.17, 15) is 4.39 Å². The Hall–Kier alpha value is -1.39. The van der Waals surface area contributed by atoms with Crippen molar-refractivity contribution in [3.8, 4) is 0 Å². The summed E-state index contributed by atoms with van der Waals surface area (Å²) in [4.78, 5) is 0. The van der Waals surface area contributed by atoms with Crippen molar-refractivity contribution in [3.05, 3.63) is 51.6 Å². The summed E-state index contributed by atoms with van der Waals surface area (Å²) in [5.41, 5.74) is 9.40. The number of benzene rings is 1. The zero-order valence-electron chi connectivity index (χ0n) is 11.8. The van der Waals surface area contributed by atoms with Gasteiger partial charge in [-0.3, -0.25) is 4.68 Å². The standard InChI is InChI=1S/C15H19ClFN3/c1-3-14-10(8-18)15(4-2)20(19-14)9-11-12(16)6-5-7-13(11)17/h5-7H,3-4,8-9,18H2,1-2H3. The molecule has 0 atom stereocenters. The molecule has 0 amide bonds. The van der Waals surface area contributed by atoms with E-state index in [1.807, 2.05) is 11.6 Å². The van der Waals surface area contributed by atoms with E-state index in [1.54, 1.807) is 12.1 Å². The molecule has 0 saturated heterocycles. The van der Waals surface area contributed by atoms with E-state index in [0.29, 0.717) is 23.7 Å². The second-order valence-corrected chi connectivity index (χ2v) is 5.05. The minimum absolute atomic E-state index is 0.303. The van der Waals surface area contributed by atoms with Gasteiger partial charge in [-0.15, -0.1) is 0 Å². The highest BCUT2D eigenvalue weighted by Gasteiger charge is 2.16. The fraction of sp³-hybridized carbons (Fsp3) is 0.400. The summed E-state index contributed by atoms with van der Waals surface area (Å²) >= 11 is 6.08. The summed E-state index contributed by atoms with van der Waals surface area (Å²) in [6, 6.07) is 4.72. The van der Waals surface area contributed by atoms with Gasteiger partial charge in [0.15, 0.2) is 0 Å². The Labute approximate surface area is 123 Å². The van der Waals surface area contributed by atoms with Crippen LogP contribution in [0.1, 0.15) is 36.4 Å². The lowest BCUT2D eigenvalue weighted by Crippen LogP contribution is -2.09. The first-order valence-corrected chi connectivity index (χ1v) is 7.20. The summed E-state index contributed by atoms with van der Waals surface area (Å²) in [6.07, 6.45) is 1.63. The molecule has 2 aromatic rings. The van der Waals surface area contributed by atoms with Gasteiger partial charge in [0.1, 0.15) is 5.82 Å². The van der Waals surface area contributed by atoms with Gasteiger partial charge in [-0.25, -0.2) is 4.39 Å². The van der Waals surface area contributed by atoms with Crippen LogP contribution in [0, 0.1) is 5.82 Å². The van der Waals surface area contributed by atoms with Crippen molar-refractivity contribution in [2.45, 2.75) is 39.8 Å². The zero-order valence-corrected chi connectivity index (χ0v) is 12.5. The molecule has 0 aliphatic rings. The molecular weight excluding hydrogens is 277 g/mol. The summed E-state index contributed by atoms with van der Waals surface area (Å²) in [5, 5.41) is 4.99. The molecule has 0 radical (unpaired) electrons. The molecule has 0 unspecified atom stereocenters.